The van der Waals surface area contributed by atoms with Gasteiger partial charge in [-0.2, -0.15) is 4.98 Å². The molecule has 11 nitrogen and oxygen atoms in total. The second-order valence-electron chi connectivity index (χ2n) is 11.5. The number of benzene rings is 1. The molecule has 4 heterocycles. The number of rotatable bonds is 7. The van der Waals surface area contributed by atoms with Gasteiger partial charge in [-0.15, -0.1) is 0 Å². The summed E-state index contributed by atoms with van der Waals surface area (Å²) in [5.74, 6) is 1.42. The normalized spacial score (nSPS) is 16.3. The molecule has 1 saturated heterocycles. The van der Waals surface area contributed by atoms with Crippen LogP contribution in [0.3, 0.4) is 0 Å². The van der Waals surface area contributed by atoms with E-state index in [-0.39, 0.29) is 17.3 Å². The van der Waals surface area contributed by atoms with E-state index in [2.05, 4.69) is 65.0 Å². The van der Waals surface area contributed by atoms with Crippen LogP contribution >= 0.6 is 0 Å². The molecule has 1 fully saturated rings. The van der Waals surface area contributed by atoms with Gasteiger partial charge in [0.2, 0.25) is 0 Å². The molecule has 4 aromatic rings. The van der Waals surface area contributed by atoms with E-state index in [4.69, 9.17) is 4.52 Å². The molecule has 1 aliphatic heterocycles. The van der Waals surface area contributed by atoms with Crippen molar-refractivity contribution in [3.8, 4) is 11.3 Å². The number of pyridine rings is 1. The Bertz CT molecular complexity index is 1510. The minimum Gasteiger partial charge on any atom is -0.365 e. The second kappa shape index (κ2) is 11.6. The Balaban J connectivity index is 1.25. The number of aromatic nitrogens is 5. The van der Waals surface area contributed by atoms with E-state index in [0.717, 1.165) is 47.7 Å². The van der Waals surface area contributed by atoms with Gasteiger partial charge in [-0.05, 0) is 50.1 Å². The summed E-state index contributed by atoms with van der Waals surface area (Å²) in [6.45, 7) is 14.9. The molecule has 1 aromatic carbocycles. The minimum absolute atomic E-state index is 0.0421. The molecule has 0 radical (unpaired) electrons. The first-order valence-electron chi connectivity index (χ1n) is 13.9. The van der Waals surface area contributed by atoms with Crippen LogP contribution in [0.15, 0.2) is 53.4 Å². The number of anilines is 3. The third-order valence-electron chi connectivity index (χ3n) is 7.17. The van der Waals surface area contributed by atoms with Crippen LogP contribution in [-0.2, 0) is 5.41 Å². The topological polar surface area (TPSA) is 134 Å². The molecule has 214 valence electrons. The fraction of sp³-hybridized carbons (Fsp3) is 0.400. The lowest BCUT2D eigenvalue weighted by Crippen LogP contribution is -2.49. The van der Waals surface area contributed by atoms with Crippen molar-refractivity contribution >= 4 is 23.2 Å². The Labute approximate surface area is 240 Å². The number of carbonyl (C=O) groups is 1. The molecular formula is C30H37N9O2. The van der Waals surface area contributed by atoms with Crippen molar-refractivity contribution < 1.29 is 9.32 Å². The molecule has 1 aliphatic rings. The van der Waals surface area contributed by atoms with Crippen molar-refractivity contribution in [3.05, 3.63) is 71.8 Å². The van der Waals surface area contributed by atoms with Gasteiger partial charge in [-0.25, -0.2) is 15.0 Å². The molecule has 0 bridgehead atoms. The Morgan fingerprint density at radius 3 is 2.63 bits per heavy atom. The lowest BCUT2D eigenvalue weighted by atomic mass is 9.96. The zero-order chi connectivity index (χ0) is 29.1. The van der Waals surface area contributed by atoms with Crippen LogP contribution in [-0.4, -0.2) is 56.7 Å². The maximum absolute atomic E-state index is 12.7. The number of nitrogens with one attached hydrogen (secondary N) is 3. The van der Waals surface area contributed by atoms with Crippen LogP contribution in [0, 0.1) is 6.92 Å². The lowest BCUT2D eigenvalue weighted by molar-refractivity contribution is 0.0895. The molecular weight excluding hydrogens is 518 g/mol. The first-order valence-corrected chi connectivity index (χ1v) is 13.9. The van der Waals surface area contributed by atoms with E-state index in [1.165, 1.54) is 6.33 Å². The maximum Gasteiger partial charge on any atom is 0.315 e. The van der Waals surface area contributed by atoms with Gasteiger partial charge >= 0.3 is 11.8 Å². The smallest absolute Gasteiger partial charge is 0.315 e. The maximum atomic E-state index is 12.7. The fourth-order valence-corrected chi connectivity index (χ4v) is 4.85. The average Bonchev–Trinajstić information content (AvgIpc) is 3.46. The van der Waals surface area contributed by atoms with E-state index in [1.807, 2.05) is 65.1 Å². The van der Waals surface area contributed by atoms with Crippen molar-refractivity contribution in [2.24, 2.45) is 0 Å². The number of hydrogen-bond donors (Lipinski definition) is 3. The van der Waals surface area contributed by atoms with E-state index in [0.29, 0.717) is 23.5 Å². The largest absolute Gasteiger partial charge is 0.365 e. The highest BCUT2D eigenvalue weighted by molar-refractivity contribution is 5.89. The van der Waals surface area contributed by atoms with Crippen molar-refractivity contribution in [2.45, 2.75) is 59.0 Å². The van der Waals surface area contributed by atoms with E-state index in [9.17, 15) is 4.79 Å². The van der Waals surface area contributed by atoms with Crippen LogP contribution in [0.4, 0.5) is 17.3 Å². The van der Waals surface area contributed by atoms with Gasteiger partial charge in [0.15, 0.2) is 5.82 Å². The molecule has 2 atom stereocenters. The standard InChI is InChI=1S/C30H37N9O2/c1-18-13-21(7-9-23(18)20(3)35-27(40)28-37-29(38-41-28)30(4,5)6)24-14-26(34-17-33-24)36-25-10-8-22(16-32-25)39-12-11-31-15-19(39)2/h7-10,13-14,16-17,19-20,31H,11-12,15H2,1-6H3,(H,35,40)(H,32,33,34,36)/t19-,20-/m1/s1. The van der Waals surface area contributed by atoms with Crippen LogP contribution in [0.2, 0.25) is 0 Å². The molecule has 0 unspecified atom stereocenters. The summed E-state index contributed by atoms with van der Waals surface area (Å²) in [7, 11) is 0. The molecule has 11 heteroatoms. The highest BCUT2D eigenvalue weighted by Crippen LogP contribution is 2.27. The summed E-state index contributed by atoms with van der Waals surface area (Å²) in [5.41, 5.74) is 4.53. The fourth-order valence-electron chi connectivity index (χ4n) is 4.85. The third kappa shape index (κ3) is 6.51. The number of hydrogen-bond acceptors (Lipinski definition) is 10. The zero-order valence-electron chi connectivity index (χ0n) is 24.4. The second-order valence-corrected chi connectivity index (χ2v) is 11.5. The average molecular weight is 556 g/mol. The summed E-state index contributed by atoms with van der Waals surface area (Å²) < 4.78 is 5.19. The quantitative estimate of drug-likeness (QED) is 0.298. The number of amides is 1. The summed E-state index contributed by atoms with van der Waals surface area (Å²) >= 11 is 0. The van der Waals surface area contributed by atoms with Gasteiger partial charge in [-0.3, -0.25) is 4.79 Å². The summed E-state index contributed by atoms with van der Waals surface area (Å²) in [5, 5.41) is 13.6. The van der Waals surface area contributed by atoms with Crippen LogP contribution in [0.5, 0.6) is 0 Å². The molecule has 0 spiro atoms. The van der Waals surface area contributed by atoms with Crippen molar-refractivity contribution in [2.75, 3.05) is 29.9 Å². The monoisotopic (exact) mass is 555 g/mol. The zero-order valence-corrected chi connectivity index (χ0v) is 24.4. The number of carbonyl (C=O) groups excluding carboxylic acids is 1. The van der Waals surface area contributed by atoms with Crippen LogP contribution in [0.1, 0.15) is 68.3 Å². The lowest BCUT2D eigenvalue weighted by Gasteiger charge is -2.35. The molecule has 3 N–H and O–H groups in total. The van der Waals surface area contributed by atoms with E-state index in [1.54, 1.807) is 0 Å². The Hall–Kier alpha value is -4.38. The molecule has 5 rings (SSSR count). The SMILES string of the molecule is Cc1cc(-c2cc(Nc3ccc(N4CCNC[C@H]4C)cn3)ncn2)ccc1[C@@H](C)NC(=O)c1nc(C(C)(C)C)no1. The molecule has 3 aromatic heterocycles. The number of aryl methyl sites for hydroxylation is 1. The molecule has 0 saturated carbocycles. The molecule has 1 amide bonds. The van der Waals surface area contributed by atoms with Gasteiger partial charge in [0, 0.05) is 42.7 Å². The van der Waals surface area contributed by atoms with Crippen LogP contribution < -0.4 is 20.9 Å². The van der Waals surface area contributed by atoms with Gasteiger partial charge in [-0.1, -0.05) is 38.1 Å². The highest BCUT2D eigenvalue weighted by atomic mass is 16.5. The number of piperazine rings is 1. The van der Waals surface area contributed by atoms with Crippen LogP contribution in [0.25, 0.3) is 11.3 Å². The predicted molar refractivity (Wildman–Crippen MR) is 158 cm³/mol. The Kier molecular flexibility index (Phi) is 7.98. The van der Waals surface area contributed by atoms with Crippen molar-refractivity contribution in [3.63, 3.8) is 0 Å². The highest BCUT2D eigenvalue weighted by Gasteiger charge is 2.25. The number of nitrogens with zero attached hydrogens (tertiary/aromatic N) is 6. The Morgan fingerprint density at radius 2 is 1.95 bits per heavy atom. The van der Waals surface area contributed by atoms with Gasteiger partial charge in [0.05, 0.1) is 23.6 Å². The molecule has 0 aliphatic carbocycles. The summed E-state index contributed by atoms with van der Waals surface area (Å²) in [6, 6.07) is 12.2. The van der Waals surface area contributed by atoms with Crippen molar-refractivity contribution in [1.82, 2.24) is 35.7 Å². The van der Waals surface area contributed by atoms with Gasteiger partial charge < -0.3 is 25.4 Å². The minimum atomic E-state index is -0.403. The van der Waals surface area contributed by atoms with Gasteiger partial charge in [0.25, 0.3) is 0 Å². The van der Waals surface area contributed by atoms with Gasteiger partial charge in [0.1, 0.15) is 18.0 Å². The Morgan fingerprint density at radius 1 is 1.12 bits per heavy atom. The van der Waals surface area contributed by atoms with E-state index < -0.39 is 5.91 Å². The molecule has 41 heavy (non-hydrogen) atoms. The van der Waals surface area contributed by atoms with Crippen molar-refractivity contribution in [1.29, 1.82) is 0 Å². The predicted octanol–water partition coefficient (Wildman–Crippen LogP) is 4.56. The summed E-state index contributed by atoms with van der Waals surface area (Å²) in [6.07, 6.45) is 3.44. The summed E-state index contributed by atoms with van der Waals surface area (Å²) in [4.78, 5) is 32.8. The third-order valence-corrected chi connectivity index (χ3v) is 7.17. The van der Waals surface area contributed by atoms with E-state index >= 15 is 0 Å². The first kappa shape index (κ1) is 28.2. The first-order chi connectivity index (χ1) is 19.6.